The van der Waals surface area contributed by atoms with Crippen LogP contribution in [0.3, 0.4) is 0 Å². The Morgan fingerprint density at radius 1 is 1.03 bits per heavy atom. The van der Waals surface area contributed by atoms with E-state index >= 15 is 0 Å². The van der Waals surface area contributed by atoms with Crippen LogP contribution >= 0.6 is 23.2 Å². The molecule has 3 aromatic rings. The Balaban J connectivity index is 1.67. The van der Waals surface area contributed by atoms with Crippen molar-refractivity contribution in [2.75, 3.05) is 19.8 Å². The number of hydrogen-bond acceptors (Lipinski definition) is 7. The Bertz CT molecular complexity index is 1250. The first kappa shape index (κ1) is 24.5. The first-order valence-corrected chi connectivity index (χ1v) is 10.8. The molecule has 0 atom stereocenters. The Morgan fingerprint density at radius 2 is 1.76 bits per heavy atom. The molecule has 33 heavy (non-hydrogen) atoms. The van der Waals surface area contributed by atoms with E-state index < -0.39 is 30.9 Å². The monoisotopic (exact) mass is 492 g/mol. The number of aryl methyl sites for hydroxylation is 2. The number of carbonyl (C=O) groups excluding carboxylic acids is 3. The molecule has 0 aliphatic rings. The average Bonchev–Trinajstić information content (AvgIpc) is 3.05. The highest BCUT2D eigenvalue weighted by Crippen LogP contribution is 2.37. The summed E-state index contributed by atoms with van der Waals surface area (Å²) in [6.07, 6.45) is 0. The van der Waals surface area contributed by atoms with Crippen molar-refractivity contribution in [1.29, 1.82) is 0 Å². The molecule has 8 nitrogen and oxygen atoms in total. The molecule has 0 fully saturated rings. The predicted molar refractivity (Wildman–Crippen MR) is 124 cm³/mol. The number of esters is 2. The van der Waals surface area contributed by atoms with E-state index in [0.29, 0.717) is 32.7 Å². The van der Waals surface area contributed by atoms with Crippen LogP contribution in [-0.4, -0.2) is 47.5 Å². The van der Waals surface area contributed by atoms with E-state index in [2.05, 4.69) is 9.97 Å². The minimum atomic E-state index is -0.776. The second-order valence-corrected chi connectivity index (χ2v) is 8.05. The molecule has 0 unspecified atom stereocenters. The third kappa shape index (κ3) is 5.29. The van der Waals surface area contributed by atoms with Crippen LogP contribution in [0.2, 0.25) is 10.0 Å². The molecule has 0 bridgehead atoms. The van der Waals surface area contributed by atoms with Crippen LogP contribution in [0.15, 0.2) is 18.2 Å². The molecular formula is C23H22Cl2N2O6. The third-order valence-corrected chi connectivity index (χ3v) is 5.47. The zero-order valence-corrected chi connectivity index (χ0v) is 20.0. The maximum absolute atomic E-state index is 12.5. The second kappa shape index (κ2) is 10.2. The maximum atomic E-state index is 12.5. The van der Waals surface area contributed by atoms with E-state index in [-0.39, 0.29) is 23.1 Å². The van der Waals surface area contributed by atoms with E-state index in [9.17, 15) is 14.4 Å². The van der Waals surface area contributed by atoms with Crippen LogP contribution in [-0.2, 0) is 14.3 Å². The van der Waals surface area contributed by atoms with Crippen molar-refractivity contribution in [1.82, 2.24) is 9.97 Å². The number of nitrogens with one attached hydrogen (secondary N) is 1. The lowest BCUT2D eigenvalue weighted by Gasteiger charge is -2.12. The standard InChI is InChI=1S/C23H22Cl2N2O6/c1-5-31-23(30)19-12(3)20(27-13(19)4)17(28)9-32-18(29)10-33-22-16(25)8-15(24)14-7-6-11(2)26-21(14)22/h6-8,27H,5,9-10H2,1-4H3. The molecule has 174 valence electrons. The largest absolute Gasteiger partial charge is 0.478 e. The molecule has 3 rings (SSSR count). The molecule has 2 aromatic heterocycles. The SMILES string of the molecule is CCOC(=O)c1c(C)[nH]c(C(=O)COC(=O)COc2c(Cl)cc(Cl)c3ccc(C)nc23)c1C. The van der Waals surface area contributed by atoms with Gasteiger partial charge in [0.15, 0.2) is 19.0 Å². The fourth-order valence-corrected chi connectivity index (χ4v) is 3.93. The molecule has 0 aliphatic heterocycles. The number of nitrogens with zero attached hydrogens (tertiary/aromatic N) is 1. The summed E-state index contributed by atoms with van der Waals surface area (Å²) in [4.78, 5) is 44.1. The van der Waals surface area contributed by atoms with Gasteiger partial charge in [-0.15, -0.1) is 0 Å². The number of aromatic amines is 1. The van der Waals surface area contributed by atoms with Crippen LogP contribution in [0.1, 0.15) is 44.7 Å². The quantitative estimate of drug-likeness (QED) is 0.356. The summed E-state index contributed by atoms with van der Waals surface area (Å²) in [5.41, 5.74) is 2.54. The van der Waals surface area contributed by atoms with Crippen molar-refractivity contribution in [2.24, 2.45) is 0 Å². The summed E-state index contributed by atoms with van der Waals surface area (Å²) >= 11 is 12.5. The molecule has 0 spiro atoms. The Labute approximate surface area is 200 Å². The van der Waals surface area contributed by atoms with Gasteiger partial charge in [-0.2, -0.15) is 0 Å². The van der Waals surface area contributed by atoms with Gasteiger partial charge in [0, 0.05) is 16.8 Å². The first-order valence-electron chi connectivity index (χ1n) is 10.1. The number of Topliss-reactive ketones (excluding diaryl/α,β-unsaturated/α-hetero) is 1. The molecule has 0 radical (unpaired) electrons. The van der Waals surface area contributed by atoms with Crippen LogP contribution < -0.4 is 4.74 Å². The van der Waals surface area contributed by atoms with Crippen molar-refractivity contribution >= 4 is 51.8 Å². The maximum Gasteiger partial charge on any atom is 0.344 e. The van der Waals surface area contributed by atoms with Gasteiger partial charge in [-0.05, 0) is 51.5 Å². The van der Waals surface area contributed by atoms with Crippen LogP contribution in [0.4, 0.5) is 0 Å². The summed E-state index contributed by atoms with van der Waals surface area (Å²) in [7, 11) is 0. The number of ketones is 1. The summed E-state index contributed by atoms with van der Waals surface area (Å²) in [5.74, 6) is -1.60. The van der Waals surface area contributed by atoms with Crippen molar-refractivity contribution in [3.8, 4) is 5.75 Å². The van der Waals surface area contributed by atoms with Gasteiger partial charge in [0.05, 0.1) is 27.9 Å². The number of aromatic nitrogens is 2. The number of rotatable bonds is 8. The van der Waals surface area contributed by atoms with Gasteiger partial charge in [-0.1, -0.05) is 23.2 Å². The molecule has 0 saturated carbocycles. The topological polar surface area (TPSA) is 108 Å². The highest BCUT2D eigenvalue weighted by atomic mass is 35.5. The van der Waals surface area contributed by atoms with Gasteiger partial charge in [0.25, 0.3) is 0 Å². The highest BCUT2D eigenvalue weighted by Gasteiger charge is 2.24. The smallest absolute Gasteiger partial charge is 0.344 e. The average molecular weight is 493 g/mol. The minimum Gasteiger partial charge on any atom is -0.478 e. The lowest BCUT2D eigenvalue weighted by molar-refractivity contribution is -0.144. The minimum absolute atomic E-state index is 0.177. The zero-order valence-electron chi connectivity index (χ0n) is 18.5. The fraction of sp³-hybridized carbons (Fsp3) is 0.304. The van der Waals surface area contributed by atoms with Crippen molar-refractivity contribution in [3.05, 3.63) is 56.5 Å². The summed E-state index contributed by atoms with van der Waals surface area (Å²) in [5, 5.41) is 1.22. The molecule has 10 heteroatoms. The lowest BCUT2D eigenvalue weighted by atomic mass is 10.1. The molecule has 1 aromatic carbocycles. The normalized spacial score (nSPS) is 10.8. The Morgan fingerprint density at radius 3 is 2.45 bits per heavy atom. The van der Waals surface area contributed by atoms with E-state index in [0.717, 1.165) is 5.69 Å². The fourth-order valence-electron chi connectivity index (χ4n) is 3.36. The van der Waals surface area contributed by atoms with E-state index in [1.165, 1.54) is 6.07 Å². The number of fused-ring (bicyclic) bond motifs is 1. The molecular weight excluding hydrogens is 471 g/mol. The Kier molecular flexibility index (Phi) is 7.61. The van der Waals surface area contributed by atoms with Gasteiger partial charge >= 0.3 is 11.9 Å². The van der Waals surface area contributed by atoms with E-state index in [1.54, 1.807) is 39.8 Å². The predicted octanol–water partition coefficient (Wildman–Crippen LogP) is 4.78. The number of benzene rings is 1. The third-order valence-electron chi connectivity index (χ3n) is 4.87. The summed E-state index contributed by atoms with van der Waals surface area (Å²) in [6, 6.07) is 5.08. The highest BCUT2D eigenvalue weighted by molar-refractivity contribution is 6.39. The first-order chi connectivity index (χ1) is 15.6. The van der Waals surface area contributed by atoms with Crippen LogP contribution in [0.25, 0.3) is 10.9 Å². The molecule has 0 amide bonds. The Hall–Kier alpha value is -3.10. The van der Waals surface area contributed by atoms with E-state index in [4.69, 9.17) is 37.4 Å². The summed E-state index contributed by atoms with van der Waals surface area (Å²) < 4.78 is 15.6. The second-order valence-electron chi connectivity index (χ2n) is 7.24. The number of pyridine rings is 1. The van der Waals surface area contributed by atoms with Gasteiger partial charge in [-0.25, -0.2) is 14.6 Å². The van der Waals surface area contributed by atoms with Gasteiger partial charge in [-0.3, -0.25) is 4.79 Å². The molecule has 0 aliphatic carbocycles. The number of hydrogen-bond donors (Lipinski definition) is 1. The number of carbonyl (C=O) groups is 3. The number of H-pyrrole nitrogens is 1. The zero-order chi connectivity index (χ0) is 24.3. The van der Waals surface area contributed by atoms with Crippen LogP contribution in [0, 0.1) is 20.8 Å². The molecule has 0 saturated heterocycles. The van der Waals surface area contributed by atoms with E-state index in [1.807, 2.05) is 0 Å². The van der Waals surface area contributed by atoms with Crippen molar-refractivity contribution in [2.45, 2.75) is 27.7 Å². The summed E-state index contributed by atoms with van der Waals surface area (Å²) in [6.45, 7) is 5.97. The van der Waals surface area contributed by atoms with Gasteiger partial charge < -0.3 is 19.2 Å². The molecule has 1 N–H and O–H groups in total. The van der Waals surface area contributed by atoms with Crippen LogP contribution in [0.5, 0.6) is 5.75 Å². The lowest BCUT2D eigenvalue weighted by Crippen LogP contribution is -2.20. The van der Waals surface area contributed by atoms with Crippen molar-refractivity contribution < 1.29 is 28.6 Å². The number of ether oxygens (including phenoxy) is 3. The van der Waals surface area contributed by atoms with Gasteiger partial charge in [0.1, 0.15) is 5.52 Å². The molecule has 2 heterocycles. The van der Waals surface area contributed by atoms with Crippen molar-refractivity contribution in [3.63, 3.8) is 0 Å². The van der Waals surface area contributed by atoms with Gasteiger partial charge in [0.2, 0.25) is 5.78 Å². The number of halogens is 2.